The summed E-state index contributed by atoms with van der Waals surface area (Å²) in [6, 6.07) is 6.05. The minimum absolute atomic E-state index is 0.0394. The van der Waals surface area contributed by atoms with Crippen LogP contribution in [0.2, 0.25) is 0 Å². The van der Waals surface area contributed by atoms with E-state index in [1.165, 1.54) is 12.1 Å². The summed E-state index contributed by atoms with van der Waals surface area (Å²) in [5, 5.41) is 12.0. The van der Waals surface area contributed by atoms with Gasteiger partial charge in [0.15, 0.2) is 0 Å². The predicted octanol–water partition coefficient (Wildman–Crippen LogP) is 3.08. The van der Waals surface area contributed by atoms with Gasteiger partial charge in [-0.1, -0.05) is 19.1 Å². The quantitative estimate of drug-likeness (QED) is 0.878. The van der Waals surface area contributed by atoms with E-state index >= 15 is 0 Å². The molecule has 0 aromatic heterocycles. The largest absolute Gasteiger partial charge is 0.481 e. The standard InChI is InChI=1S/C17H22FNO3/c1-2-15(11-3-7-13(18)8-4-11)16(20)19-14-9-5-12(6-10-14)17(21)22/h3-4,7-8,12,14-15H,2,5-6,9-10H2,1H3,(H,19,20)(H,21,22). The Hall–Kier alpha value is -1.91. The van der Waals surface area contributed by atoms with E-state index in [-0.39, 0.29) is 29.6 Å². The monoisotopic (exact) mass is 307 g/mol. The van der Waals surface area contributed by atoms with E-state index in [9.17, 15) is 14.0 Å². The van der Waals surface area contributed by atoms with Crippen LogP contribution in [0.15, 0.2) is 24.3 Å². The van der Waals surface area contributed by atoms with Crippen LogP contribution in [-0.2, 0) is 9.59 Å². The normalized spacial score (nSPS) is 22.8. The Morgan fingerprint density at radius 1 is 1.23 bits per heavy atom. The molecule has 1 aromatic rings. The molecule has 1 unspecified atom stereocenters. The van der Waals surface area contributed by atoms with E-state index in [0.717, 1.165) is 5.56 Å². The number of hydrogen-bond donors (Lipinski definition) is 2. The number of carboxylic acids is 1. The predicted molar refractivity (Wildman–Crippen MR) is 81.0 cm³/mol. The van der Waals surface area contributed by atoms with Gasteiger partial charge in [0.05, 0.1) is 11.8 Å². The van der Waals surface area contributed by atoms with Crippen LogP contribution in [0.4, 0.5) is 4.39 Å². The van der Waals surface area contributed by atoms with Crippen molar-refractivity contribution in [2.75, 3.05) is 0 Å². The number of carbonyl (C=O) groups excluding carboxylic acids is 1. The van der Waals surface area contributed by atoms with Gasteiger partial charge < -0.3 is 10.4 Å². The number of carboxylic acid groups (broad SMARTS) is 1. The summed E-state index contributed by atoms with van der Waals surface area (Å²) in [4.78, 5) is 23.4. The lowest BCUT2D eigenvalue weighted by atomic mass is 9.85. The van der Waals surface area contributed by atoms with Crippen molar-refractivity contribution in [3.05, 3.63) is 35.6 Å². The van der Waals surface area contributed by atoms with Gasteiger partial charge in [-0.2, -0.15) is 0 Å². The van der Waals surface area contributed by atoms with Crippen molar-refractivity contribution < 1.29 is 19.1 Å². The Bertz CT molecular complexity index is 521. The molecule has 1 fully saturated rings. The summed E-state index contributed by atoms with van der Waals surface area (Å²) >= 11 is 0. The third-order valence-electron chi connectivity index (χ3n) is 4.42. The second-order valence-corrected chi connectivity index (χ2v) is 5.91. The van der Waals surface area contributed by atoms with Crippen LogP contribution < -0.4 is 5.32 Å². The first-order valence-electron chi connectivity index (χ1n) is 7.80. The van der Waals surface area contributed by atoms with Gasteiger partial charge in [-0.25, -0.2) is 4.39 Å². The molecular formula is C17H22FNO3. The molecule has 1 saturated carbocycles. The van der Waals surface area contributed by atoms with Crippen LogP contribution in [0.25, 0.3) is 0 Å². The average molecular weight is 307 g/mol. The molecule has 0 aliphatic heterocycles. The van der Waals surface area contributed by atoms with Crippen molar-refractivity contribution in [1.29, 1.82) is 0 Å². The summed E-state index contributed by atoms with van der Waals surface area (Å²) in [6.45, 7) is 1.93. The highest BCUT2D eigenvalue weighted by atomic mass is 19.1. The smallest absolute Gasteiger partial charge is 0.306 e. The first kappa shape index (κ1) is 16.5. The van der Waals surface area contributed by atoms with E-state index in [0.29, 0.717) is 32.1 Å². The number of nitrogens with one attached hydrogen (secondary N) is 1. The minimum atomic E-state index is -0.748. The van der Waals surface area contributed by atoms with Crippen LogP contribution in [0.5, 0.6) is 0 Å². The highest BCUT2D eigenvalue weighted by molar-refractivity contribution is 5.83. The molecule has 0 saturated heterocycles. The maximum atomic E-state index is 13.0. The van der Waals surface area contributed by atoms with Gasteiger partial charge >= 0.3 is 5.97 Å². The zero-order valence-corrected chi connectivity index (χ0v) is 12.7. The lowest BCUT2D eigenvalue weighted by Gasteiger charge is -2.28. The number of rotatable bonds is 5. The molecule has 0 spiro atoms. The van der Waals surface area contributed by atoms with Gasteiger partial charge in [-0.05, 0) is 49.8 Å². The summed E-state index contributed by atoms with van der Waals surface area (Å²) in [6.07, 6.45) is 3.24. The van der Waals surface area contributed by atoms with Crippen LogP contribution >= 0.6 is 0 Å². The number of amides is 1. The molecule has 1 aromatic carbocycles. The fourth-order valence-corrected chi connectivity index (χ4v) is 3.05. The van der Waals surface area contributed by atoms with Crippen molar-refractivity contribution in [2.45, 2.75) is 51.0 Å². The highest BCUT2D eigenvalue weighted by Gasteiger charge is 2.28. The summed E-state index contributed by atoms with van der Waals surface area (Å²) in [5.41, 5.74) is 0.806. The Morgan fingerprint density at radius 3 is 2.32 bits per heavy atom. The van der Waals surface area contributed by atoms with Crippen LogP contribution in [0, 0.1) is 11.7 Å². The summed E-state index contributed by atoms with van der Waals surface area (Å²) in [5.74, 6) is -1.70. The van der Waals surface area contributed by atoms with E-state index in [4.69, 9.17) is 5.11 Å². The van der Waals surface area contributed by atoms with E-state index in [1.54, 1.807) is 12.1 Å². The SMILES string of the molecule is CCC(C(=O)NC1CCC(C(=O)O)CC1)c1ccc(F)cc1. The Balaban J connectivity index is 1.93. The van der Waals surface area contributed by atoms with E-state index in [2.05, 4.69) is 5.32 Å². The number of carbonyl (C=O) groups is 2. The highest BCUT2D eigenvalue weighted by Crippen LogP contribution is 2.26. The Labute approximate surface area is 129 Å². The fourth-order valence-electron chi connectivity index (χ4n) is 3.05. The number of aliphatic carboxylic acids is 1. The molecule has 1 aliphatic rings. The first-order chi connectivity index (χ1) is 10.5. The molecule has 1 atom stereocenters. The third kappa shape index (κ3) is 4.06. The lowest BCUT2D eigenvalue weighted by Crippen LogP contribution is -2.41. The van der Waals surface area contributed by atoms with Gasteiger partial charge in [0.2, 0.25) is 5.91 Å². The lowest BCUT2D eigenvalue weighted by molar-refractivity contribution is -0.142. The molecular weight excluding hydrogens is 285 g/mol. The van der Waals surface area contributed by atoms with E-state index < -0.39 is 5.97 Å². The molecule has 4 nitrogen and oxygen atoms in total. The molecule has 120 valence electrons. The number of halogens is 1. The molecule has 22 heavy (non-hydrogen) atoms. The molecule has 1 aliphatic carbocycles. The summed E-state index contributed by atoms with van der Waals surface area (Å²) < 4.78 is 13.0. The van der Waals surface area contributed by atoms with Gasteiger partial charge in [-0.3, -0.25) is 9.59 Å². The Kier molecular flexibility index (Phi) is 5.52. The van der Waals surface area contributed by atoms with Crippen molar-refractivity contribution in [3.63, 3.8) is 0 Å². The molecule has 2 N–H and O–H groups in total. The van der Waals surface area contributed by atoms with Gasteiger partial charge in [0.25, 0.3) is 0 Å². The zero-order chi connectivity index (χ0) is 16.1. The van der Waals surface area contributed by atoms with Crippen LogP contribution in [0.3, 0.4) is 0 Å². The third-order valence-corrected chi connectivity index (χ3v) is 4.42. The van der Waals surface area contributed by atoms with Crippen molar-refractivity contribution >= 4 is 11.9 Å². The van der Waals surface area contributed by atoms with Crippen molar-refractivity contribution in [3.8, 4) is 0 Å². The van der Waals surface area contributed by atoms with Gasteiger partial charge in [0.1, 0.15) is 5.82 Å². The summed E-state index contributed by atoms with van der Waals surface area (Å²) in [7, 11) is 0. The number of benzene rings is 1. The molecule has 0 heterocycles. The fraction of sp³-hybridized carbons (Fsp3) is 0.529. The maximum absolute atomic E-state index is 13.0. The first-order valence-corrected chi connectivity index (χ1v) is 7.80. The topological polar surface area (TPSA) is 66.4 Å². The molecule has 5 heteroatoms. The Morgan fingerprint density at radius 2 is 1.82 bits per heavy atom. The van der Waals surface area contributed by atoms with Gasteiger partial charge in [0, 0.05) is 6.04 Å². The van der Waals surface area contributed by atoms with Crippen molar-refractivity contribution in [2.24, 2.45) is 5.92 Å². The van der Waals surface area contributed by atoms with Crippen molar-refractivity contribution in [1.82, 2.24) is 5.32 Å². The minimum Gasteiger partial charge on any atom is -0.481 e. The molecule has 0 radical (unpaired) electrons. The number of hydrogen-bond acceptors (Lipinski definition) is 2. The average Bonchev–Trinajstić information content (AvgIpc) is 2.50. The van der Waals surface area contributed by atoms with Crippen LogP contribution in [-0.4, -0.2) is 23.0 Å². The van der Waals surface area contributed by atoms with Crippen LogP contribution in [0.1, 0.15) is 50.5 Å². The maximum Gasteiger partial charge on any atom is 0.306 e. The van der Waals surface area contributed by atoms with Gasteiger partial charge in [-0.15, -0.1) is 0 Å². The molecule has 2 rings (SSSR count). The molecule has 0 bridgehead atoms. The second-order valence-electron chi connectivity index (χ2n) is 5.91. The second kappa shape index (κ2) is 7.38. The van der Waals surface area contributed by atoms with E-state index in [1.807, 2.05) is 6.92 Å². The zero-order valence-electron chi connectivity index (χ0n) is 12.7. The molecule has 1 amide bonds.